The molecular formula is C8H10O3. The van der Waals surface area contributed by atoms with Crippen molar-refractivity contribution in [3.05, 3.63) is 0 Å². The quantitative estimate of drug-likeness (QED) is 0.412. The first-order valence-electron chi connectivity index (χ1n) is 3.89. The van der Waals surface area contributed by atoms with Crippen LogP contribution in [0.4, 0.5) is 0 Å². The van der Waals surface area contributed by atoms with Crippen molar-refractivity contribution >= 4 is 12.3 Å². The van der Waals surface area contributed by atoms with Crippen LogP contribution in [0.1, 0.15) is 25.7 Å². The number of hydrogen-bond donors (Lipinski definition) is 0. The van der Waals surface area contributed by atoms with Gasteiger partial charge in [-0.15, -0.1) is 0 Å². The van der Waals surface area contributed by atoms with Crippen molar-refractivity contribution in [2.75, 3.05) is 0 Å². The zero-order valence-corrected chi connectivity index (χ0v) is 6.21. The lowest BCUT2D eigenvalue weighted by atomic mass is 9.93. The fourth-order valence-corrected chi connectivity index (χ4v) is 1.69. The predicted octanol–water partition coefficient (Wildman–Crippen LogP) is 0.671. The van der Waals surface area contributed by atoms with Crippen LogP contribution in [0.15, 0.2) is 0 Å². The first-order valence-corrected chi connectivity index (χ1v) is 3.89. The molecule has 3 nitrogen and oxygen atoms in total. The molecule has 0 amide bonds. The minimum atomic E-state index is -0.459. The molecule has 0 radical (unpaired) electrons. The van der Waals surface area contributed by atoms with Crippen LogP contribution < -0.4 is 0 Å². The van der Waals surface area contributed by atoms with E-state index in [4.69, 9.17) is 4.74 Å². The highest BCUT2D eigenvalue weighted by atomic mass is 16.5. The highest BCUT2D eigenvalue weighted by Crippen LogP contribution is 2.54. The van der Waals surface area contributed by atoms with E-state index in [1.807, 2.05) is 0 Å². The van der Waals surface area contributed by atoms with Crippen molar-refractivity contribution in [2.24, 2.45) is 5.41 Å². The molecule has 0 aromatic carbocycles. The first kappa shape index (κ1) is 6.83. The fraction of sp³-hybridized carbons (Fsp3) is 0.750. The summed E-state index contributed by atoms with van der Waals surface area (Å²) < 4.78 is 4.80. The van der Waals surface area contributed by atoms with E-state index in [2.05, 4.69) is 0 Å². The molecule has 1 saturated heterocycles. The van der Waals surface area contributed by atoms with Crippen molar-refractivity contribution in [3.8, 4) is 0 Å². The Morgan fingerprint density at radius 1 is 1.55 bits per heavy atom. The zero-order chi connectivity index (χ0) is 7.90. The summed E-state index contributed by atoms with van der Waals surface area (Å²) in [5.74, 6) is -0.203. The molecule has 2 aliphatic rings. The molecule has 1 aliphatic carbocycles. The van der Waals surface area contributed by atoms with Gasteiger partial charge in [0.25, 0.3) is 0 Å². The van der Waals surface area contributed by atoms with E-state index in [0.29, 0.717) is 6.42 Å². The summed E-state index contributed by atoms with van der Waals surface area (Å²) in [7, 11) is 0. The van der Waals surface area contributed by atoms with Crippen molar-refractivity contribution in [1.29, 1.82) is 0 Å². The van der Waals surface area contributed by atoms with Gasteiger partial charge in [-0.25, -0.2) is 0 Å². The van der Waals surface area contributed by atoms with E-state index >= 15 is 0 Å². The predicted molar refractivity (Wildman–Crippen MR) is 36.8 cm³/mol. The summed E-state index contributed by atoms with van der Waals surface area (Å²) in [5, 5.41) is 0. The van der Waals surface area contributed by atoms with Gasteiger partial charge in [0.1, 0.15) is 0 Å². The van der Waals surface area contributed by atoms with Crippen LogP contribution >= 0.6 is 0 Å². The monoisotopic (exact) mass is 154 g/mol. The number of rotatable bonds is 1. The maximum Gasteiger partial charge on any atom is 0.307 e. The average Bonchev–Trinajstić information content (AvgIpc) is 2.67. The third-order valence-corrected chi connectivity index (χ3v) is 2.55. The standard InChI is InChI=1S/C8H10O3/c9-5-6-3-8(1-2-8)4-7(10)11-6/h5-6H,1-4H2/t6-/m0/s1. The van der Waals surface area contributed by atoms with Crippen molar-refractivity contribution in [1.82, 2.24) is 0 Å². The lowest BCUT2D eigenvalue weighted by Gasteiger charge is -2.24. The van der Waals surface area contributed by atoms with Crippen LogP contribution in [0.3, 0.4) is 0 Å². The molecule has 1 spiro atoms. The van der Waals surface area contributed by atoms with Gasteiger partial charge in [-0.3, -0.25) is 9.59 Å². The van der Waals surface area contributed by atoms with Crippen LogP contribution in [0.5, 0.6) is 0 Å². The maximum absolute atomic E-state index is 10.9. The topological polar surface area (TPSA) is 43.4 Å². The first-order chi connectivity index (χ1) is 5.24. The van der Waals surface area contributed by atoms with Gasteiger partial charge in [0, 0.05) is 0 Å². The molecular weight excluding hydrogens is 144 g/mol. The summed E-state index contributed by atoms with van der Waals surface area (Å²) in [6.07, 6.45) is 3.73. The van der Waals surface area contributed by atoms with Gasteiger partial charge in [-0.05, 0) is 24.7 Å². The Morgan fingerprint density at radius 3 is 2.82 bits per heavy atom. The van der Waals surface area contributed by atoms with Crippen LogP contribution in [-0.2, 0) is 14.3 Å². The highest BCUT2D eigenvalue weighted by molar-refractivity contribution is 5.75. The summed E-state index contributed by atoms with van der Waals surface area (Å²) in [4.78, 5) is 21.3. The van der Waals surface area contributed by atoms with E-state index in [9.17, 15) is 9.59 Å². The Bertz CT molecular complexity index is 205. The maximum atomic E-state index is 10.9. The van der Waals surface area contributed by atoms with E-state index in [1.54, 1.807) is 0 Å². The molecule has 1 aliphatic heterocycles. The number of carbonyl (C=O) groups excluding carboxylic acids is 2. The van der Waals surface area contributed by atoms with Crippen LogP contribution in [0, 0.1) is 5.41 Å². The van der Waals surface area contributed by atoms with Gasteiger partial charge in [0.15, 0.2) is 12.4 Å². The molecule has 1 atom stereocenters. The normalized spacial score (nSPS) is 33.1. The van der Waals surface area contributed by atoms with Gasteiger partial charge in [0.2, 0.25) is 0 Å². The van der Waals surface area contributed by atoms with Gasteiger partial charge < -0.3 is 4.74 Å². The Labute approximate surface area is 64.7 Å². The molecule has 1 saturated carbocycles. The van der Waals surface area contributed by atoms with E-state index in [-0.39, 0.29) is 11.4 Å². The Balaban J connectivity index is 2.07. The number of esters is 1. The smallest absolute Gasteiger partial charge is 0.307 e. The third kappa shape index (κ3) is 1.15. The van der Waals surface area contributed by atoms with E-state index in [0.717, 1.165) is 25.5 Å². The lowest BCUT2D eigenvalue weighted by Crippen LogP contribution is -2.31. The lowest BCUT2D eigenvalue weighted by molar-refractivity contribution is -0.160. The number of hydrogen-bond acceptors (Lipinski definition) is 3. The molecule has 0 bridgehead atoms. The van der Waals surface area contributed by atoms with Gasteiger partial charge in [-0.1, -0.05) is 0 Å². The summed E-state index contributed by atoms with van der Waals surface area (Å²) >= 11 is 0. The molecule has 0 N–H and O–H groups in total. The Kier molecular flexibility index (Phi) is 1.28. The fourth-order valence-electron chi connectivity index (χ4n) is 1.69. The molecule has 0 aromatic heterocycles. The van der Waals surface area contributed by atoms with Crippen LogP contribution in [0.2, 0.25) is 0 Å². The molecule has 3 heteroatoms. The molecule has 2 rings (SSSR count). The van der Waals surface area contributed by atoms with Crippen LogP contribution in [0.25, 0.3) is 0 Å². The number of carbonyl (C=O) groups is 2. The van der Waals surface area contributed by atoms with E-state index < -0.39 is 6.10 Å². The van der Waals surface area contributed by atoms with Crippen molar-refractivity contribution < 1.29 is 14.3 Å². The second kappa shape index (κ2) is 2.06. The van der Waals surface area contributed by atoms with Crippen molar-refractivity contribution in [3.63, 3.8) is 0 Å². The molecule has 0 unspecified atom stereocenters. The largest absolute Gasteiger partial charge is 0.455 e. The summed E-state index contributed by atoms with van der Waals surface area (Å²) in [6.45, 7) is 0. The number of aldehydes is 1. The van der Waals surface area contributed by atoms with Gasteiger partial charge >= 0.3 is 5.97 Å². The summed E-state index contributed by atoms with van der Waals surface area (Å²) in [6, 6.07) is 0. The minimum absolute atomic E-state index is 0.168. The SMILES string of the molecule is O=C[C@@H]1CC2(CC2)CC(=O)O1. The highest BCUT2D eigenvalue weighted by Gasteiger charge is 2.49. The van der Waals surface area contributed by atoms with Crippen molar-refractivity contribution in [2.45, 2.75) is 31.8 Å². The second-order valence-electron chi connectivity index (χ2n) is 3.55. The van der Waals surface area contributed by atoms with Crippen LogP contribution in [-0.4, -0.2) is 18.4 Å². The number of cyclic esters (lactones) is 1. The molecule has 0 aromatic rings. The molecule has 1 heterocycles. The van der Waals surface area contributed by atoms with E-state index in [1.165, 1.54) is 0 Å². The average molecular weight is 154 g/mol. The summed E-state index contributed by atoms with van der Waals surface area (Å²) in [5.41, 5.74) is 0.168. The third-order valence-electron chi connectivity index (χ3n) is 2.55. The molecule has 11 heavy (non-hydrogen) atoms. The second-order valence-corrected chi connectivity index (χ2v) is 3.55. The Hall–Kier alpha value is -0.860. The number of ether oxygens (including phenoxy) is 1. The molecule has 2 fully saturated rings. The van der Waals surface area contributed by atoms with Gasteiger partial charge in [0.05, 0.1) is 6.42 Å². The Morgan fingerprint density at radius 2 is 2.27 bits per heavy atom. The minimum Gasteiger partial charge on any atom is -0.455 e. The zero-order valence-electron chi connectivity index (χ0n) is 6.21. The molecule has 60 valence electrons. The van der Waals surface area contributed by atoms with Gasteiger partial charge in [-0.2, -0.15) is 0 Å².